The third-order valence-electron chi connectivity index (χ3n) is 7.94. The topological polar surface area (TPSA) is 104 Å². The number of hydrogen-bond acceptors (Lipinski definition) is 6. The van der Waals surface area contributed by atoms with Crippen LogP contribution in [0.15, 0.2) is 11.6 Å². The number of allylic oxidation sites excluding steroid dienone is 1. The summed E-state index contributed by atoms with van der Waals surface area (Å²) in [5.74, 6) is -2.38. The first-order chi connectivity index (χ1) is 11.6. The molecule has 1 aliphatic heterocycles. The van der Waals surface area contributed by atoms with Crippen molar-refractivity contribution < 1.29 is 29.6 Å². The van der Waals surface area contributed by atoms with E-state index in [1.807, 2.05) is 27.7 Å². The van der Waals surface area contributed by atoms with Gasteiger partial charge in [0.1, 0.15) is 12.2 Å². The van der Waals surface area contributed by atoms with Crippen LogP contribution in [-0.4, -0.2) is 51.5 Å². The number of fused-ring (bicyclic) bond motifs is 6. The van der Waals surface area contributed by atoms with Gasteiger partial charge in [-0.15, -0.1) is 0 Å². The maximum absolute atomic E-state index is 12.5. The molecule has 0 aromatic carbocycles. The lowest BCUT2D eigenvalue weighted by Gasteiger charge is -2.64. The van der Waals surface area contributed by atoms with Gasteiger partial charge < -0.3 is 20.1 Å². The first-order valence-corrected chi connectivity index (χ1v) is 9.03. The zero-order valence-corrected chi connectivity index (χ0v) is 15.0. The largest absolute Gasteiger partial charge is 0.459 e. The van der Waals surface area contributed by atoms with Crippen molar-refractivity contribution >= 4 is 11.8 Å². The molecular weight excluding hydrogens is 324 g/mol. The van der Waals surface area contributed by atoms with E-state index in [-0.39, 0.29) is 17.6 Å². The number of carbonyl (C=O) groups excluding carboxylic acids is 2. The fourth-order valence-corrected chi connectivity index (χ4v) is 6.82. The van der Waals surface area contributed by atoms with Gasteiger partial charge in [-0.05, 0) is 25.3 Å². The molecule has 1 saturated heterocycles. The predicted molar refractivity (Wildman–Crippen MR) is 87.1 cm³/mol. The van der Waals surface area contributed by atoms with Crippen molar-refractivity contribution in [3.05, 3.63) is 11.6 Å². The van der Waals surface area contributed by atoms with Crippen molar-refractivity contribution in [2.45, 2.75) is 58.5 Å². The highest BCUT2D eigenvalue weighted by Gasteiger charge is 2.74. The van der Waals surface area contributed by atoms with E-state index in [0.29, 0.717) is 6.42 Å². The molecule has 6 nitrogen and oxygen atoms in total. The van der Waals surface area contributed by atoms with Crippen molar-refractivity contribution in [1.29, 1.82) is 0 Å². The SMILES string of the molecule is CC1=CC(=O)[C@@H](O)[C@]2(C)[C@H]3[C@@H](O)[C@@H]4OC(=O)[C@@H]([C@H]4C)[C@]3(C)[C@H](O)C[C@@H]12. The van der Waals surface area contributed by atoms with Gasteiger partial charge in [-0.1, -0.05) is 26.3 Å². The molecule has 0 spiro atoms. The summed E-state index contributed by atoms with van der Waals surface area (Å²) in [5.41, 5.74) is -1.09. The third-order valence-corrected chi connectivity index (χ3v) is 7.94. The Bertz CT molecular complexity index is 685. The zero-order valence-electron chi connectivity index (χ0n) is 15.0. The van der Waals surface area contributed by atoms with Crippen molar-refractivity contribution in [1.82, 2.24) is 0 Å². The molecule has 138 valence electrons. The van der Waals surface area contributed by atoms with Gasteiger partial charge in [-0.25, -0.2) is 0 Å². The number of carbonyl (C=O) groups is 2. The van der Waals surface area contributed by atoms with Gasteiger partial charge in [-0.3, -0.25) is 9.59 Å². The van der Waals surface area contributed by atoms with E-state index in [1.165, 1.54) is 6.08 Å². The Hall–Kier alpha value is -1.24. The molecule has 6 heteroatoms. The van der Waals surface area contributed by atoms with E-state index in [1.54, 1.807) is 0 Å². The molecule has 1 heterocycles. The summed E-state index contributed by atoms with van der Waals surface area (Å²) in [6, 6.07) is 0. The fraction of sp³-hybridized carbons (Fsp3) is 0.789. The van der Waals surface area contributed by atoms with Gasteiger partial charge in [0.15, 0.2) is 5.78 Å². The van der Waals surface area contributed by atoms with Crippen LogP contribution in [0.3, 0.4) is 0 Å². The minimum atomic E-state index is -1.27. The molecule has 3 N–H and O–H groups in total. The van der Waals surface area contributed by atoms with Crippen molar-refractivity contribution in [3.63, 3.8) is 0 Å². The normalized spacial score (nSPS) is 57.5. The Balaban J connectivity index is 1.94. The Morgan fingerprint density at radius 2 is 1.80 bits per heavy atom. The van der Waals surface area contributed by atoms with Gasteiger partial charge in [0, 0.05) is 22.7 Å². The van der Waals surface area contributed by atoms with Gasteiger partial charge in [0.2, 0.25) is 0 Å². The van der Waals surface area contributed by atoms with E-state index >= 15 is 0 Å². The molecule has 0 unspecified atom stereocenters. The van der Waals surface area contributed by atoms with Crippen LogP contribution in [-0.2, 0) is 14.3 Å². The predicted octanol–water partition coefficient (Wildman–Crippen LogP) is 0.438. The molecule has 3 aliphatic carbocycles. The Morgan fingerprint density at radius 3 is 2.44 bits per heavy atom. The smallest absolute Gasteiger partial charge is 0.310 e. The Labute approximate surface area is 146 Å². The molecule has 0 radical (unpaired) electrons. The van der Waals surface area contributed by atoms with Gasteiger partial charge >= 0.3 is 5.97 Å². The summed E-state index contributed by atoms with van der Waals surface area (Å²) >= 11 is 0. The lowest BCUT2D eigenvalue weighted by atomic mass is 9.39. The molecule has 2 saturated carbocycles. The zero-order chi connectivity index (χ0) is 18.5. The van der Waals surface area contributed by atoms with Gasteiger partial charge in [-0.2, -0.15) is 0 Å². The molecule has 2 bridgehead atoms. The van der Waals surface area contributed by atoms with Crippen molar-refractivity contribution in [2.24, 2.45) is 34.5 Å². The minimum absolute atomic E-state index is 0.216. The highest BCUT2D eigenvalue weighted by atomic mass is 16.6. The number of hydrogen-bond donors (Lipinski definition) is 3. The lowest BCUT2D eigenvalue weighted by molar-refractivity contribution is -0.243. The summed E-state index contributed by atoms with van der Waals surface area (Å²) in [4.78, 5) is 24.9. The summed E-state index contributed by atoms with van der Waals surface area (Å²) < 4.78 is 5.45. The average Bonchev–Trinajstić information content (AvgIpc) is 2.78. The maximum atomic E-state index is 12.5. The van der Waals surface area contributed by atoms with Gasteiger partial charge in [0.05, 0.1) is 18.1 Å². The quantitative estimate of drug-likeness (QED) is 0.548. The average molecular weight is 350 g/mol. The van der Waals surface area contributed by atoms with E-state index in [0.717, 1.165) is 5.57 Å². The lowest BCUT2D eigenvalue weighted by Crippen LogP contribution is -2.71. The van der Waals surface area contributed by atoms with Crippen LogP contribution in [0.2, 0.25) is 0 Å². The summed E-state index contributed by atoms with van der Waals surface area (Å²) in [6.45, 7) is 7.31. The first kappa shape index (κ1) is 17.2. The second-order valence-electron chi connectivity index (χ2n) is 8.94. The number of ether oxygens (including phenoxy) is 1. The minimum Gasteiger partial charge on any atom is -0.459 e. The number of aliphatic hydroxyl groups excluding tert-OH is 3. The standard InChI is InChI=1S/C19H26O6/c1-7-5-10(20)16(23)18(3)9(7)6-11(21)19(4)12-8(2)14(25-17(12)24)13(22)15(18)19/h5,8-9,11-16,21-23H,6H2,1-4H3/t8-,9+,11-,12-,13+,14-,15-,16-,18+,19+/m1/s1. The fourth-order valence-electron chi connectivity index (χ4n) is 6.82. The number of esters is 1. The summed E-state index contributed by atoms with van der Waals surface area (Å²) in [5, 5.41) is 33.0. The van der Waals surface area contributed by atoms with E-state index < -0.39 is 53.1 Å². The Kier molecular flexibility index (Phi) is 3.39. The van der Waals surface area contributed by atoms with E-state index in [9.17, 15) is 24.9 Å². The van der Waals surface area contributed by atoms with Crippen molar-refractivity contribution in [3.8, 4) is 0 Å². The van der Waals surface area contributed by atoms with Crippen LogP contribution in [0.5, 0.6) is 0 Å². The molecule has 0 aromatic heterocycles. The molecule has 0 amide bonds. The molecule has 4 rings (SSSR count). The highest BCUT2D eigenvalue weighted by Crippen LogP contribution is 2.67. The first-order valence-electron chi connectivity index (χ1n) is 9.03. The van der Waals surface area contributed by atoms with Gasteiger partial charge in [0.25, 0.3) is 0 Å². The van der Waals surface area contributed by atoms with E-state index in [4.69, 9.17) is 4.74 Å². The van der Waals surface area contributed by atoms with Crippen LogP contribution >= 0.6 is 0 Å². The summed E-state index contributed by atoms with van der Waals surface area (Å²) in [7, 11) is 0. The van der Waals surface area contributed by atoms with Crippen molar-refractivity contribution in [2.75, 3.05) is 0 Å². The molecular formula is C19H26O6. The summed E-state index contributed by atoms with van der Waals surface area (Å²) in [6.07, 6.45) is -1.99. The third kappa shape index (κ3) is 1.76. The monoisotopic (exact) mass is 350 g/mol. The van der Waals surface area contributed by atoms with Crippen LogP contribution in [0.1, 0.15) is 34.1 Å². The second-order valence-corrected chi connectivity index (χ2v) is 8.94. The van der Waals surface area contributed by atoms with E-state index in [2.05, 4.69) is 0 Å². The number of rotatable bonds is 0. The molecule has 25 heavy (non-hydrogen) atoms. The number of ketones is 1. The molecule has 0 aromatic rings. The van der Waals surface area contributed by atoms with Crippen LogP contribution in [0.25, 0.3) is 0 Å². The van der Waals surface area contributed by atoms with Crippen LogP contribution < -0.4 is 0 Å². The van der Waals surface area contributed by atoms with Crippen LogP contribution in [0, 0.1) is 34.5 Å². The highest BCUT2D eigenvalue weighted by molar-refractivity contribution is 5.96. The Morgan fingerprint density at radius 1 is 1.16 bits per heavy atom. The molecule has 3 fully saturated rings. The molecule has 4 aliphatic rings. The maximum Gasteiger partial charge on any atom is 0.310 e. The van der Waals surface area contributed by atoms with Crippen LogP contribution in [0.4, 0.5) is 0 Å². The second kappa shape index (κ2) is 4.93. The number of aliphatic hydroxyl groups is 3. The molecule has 10 atom stereocenters.